The fraction of sp³-hybridized carbons (Fsp3) is 0.0870. The van der Waals surface area contributed by atoms with Gasteiger partial charge in [-0.25, -0.2) is 4.39 Å². The number of nitrogens with zero attached hydrogens (tertiary/aromatic N) is 4. The average molecular weight is 495 g/mol. The zero-order chi connectivity index (χ0) is 21.4. The molecule has 0 spiro atoms. The molecule has 8 heteroatoms. The molecule has 0 radical (unpaired) electrons. The molecular formula is C23H16BrFN4OS. The van der Waals surface area contributed by atoms with E-state index in [4.69, 9.17) is 0 Å². The van der Waals surface area contributed by atoms with Crippen LogP contribution in [0, 0.1) is 5.82 Å². The summed E-state index contributed by atoms with van der Waals surface area (Å²) in [7, 11) is 0. The lowest BCUT2D eigenvalue weighted by atomic mass is 10.2. The molecule has 31 heavy (non-hydrogen) atoms. The maximum atomic E-state index is 14.3. The number of thioether (sulfide) groups is 1. The van der Waals surface area contributed by atoms with E-state index < -0.39 is 0 Å². The predicted molar refractivity (Wildman–Crippen MR) is 124 cm³/mol. The first-order valence-corrected chi connectivity index (χ1v) is 11.4. The van der Waals surface area contributed by atoms with Crippen LogP contribution in [0.5, 0.6) is 0 Å². The van der Waals surface area contributed by atoms with Crippen molar-refractivity contribution in [3.63, 3.8) is 0 Å². The summed E-state index contributed by atoms with van der Waals surface area (Å²) in [5.74, 6) is 0.583. The van der Waals surface area contributed by atoms with Crippen molar-refractivity contribution in [3.05, 3.63) is 105 Å². The molecule has 3 aromatic carbocycles. The molecule has 0 bridgehead atoms. The maximum Gasteiger partial charge on any atom is 0.263 e. The van der Waals surface area contributed by atoms with Gasteiger partial charge in [0.2, 0.25) is 5.78 Å². The Hall–Kier alpha value is -2.97. The van der Waals surface area contributed by atoms with Crippen LogP contribution in [0.25, 0.3) is 16.7 Å². The van der Waals surface area contributed by atoms with Crippen LogP contribution in [0.2, 0.25) is 0 Å². The number of halogens is 2. The molecule has 0 saturated heterocycles. The van der Waals surface area contributed by atoms with Gasteiger partial charge in [-0.2, -0.15) is 0 Å². The van der Waals surface area contributed by atoms with Gasteiger partial charge >= 0.3 is 0 Å². The molecule has 2 aromatic heterocycles. The molecule has 0 aliphatic heterocycles. The van der Waals surface area contributed by atoms with Gasteiger partial charge in [0.1, 0.15) is 5.82 Å². The van der Waals surface area contributed by atoms with Crippen LogP contribution in [0.1, 0.15) is 11.1 Å². The molecule has 5 aromatic rings. The summed E-state index contributed by atoms with van der Waals surface area (Å²) < 4.78 is 18.5. The van der Waals surface area contributed by atoms with Crippen LogP contribution in [0.15, 0.2) is 87.2 Å². The van der Waals surface area contributed by atoms with Crippen molar-refractivity contribution in [3.8, 4) is 0 Å². The SMILES string of the molecule is O=c1c2ccccc2n2c(SCc3ccc(Br)cc3F)nnc2n1Cc1ccccc1. The molecule has 0 aliphatic carbocycles. The largest absolute Gasteiger partial charge is 0.272 e. The van der Waals surface area contributed by atoms with E-state index in [1.807, 2.05) is 59.0 Å². The molecule has 0 saturated carbocycles. The van der Waals surface area contributed by atoms with E-state index in [0.29, 0.717) is 38.7 Å². The van der Waals surface area contributed by atoms with Crippen LogP contribution in [0.3, 0.4) is 0 Å². The third-order valence-corrected chi connectivity index (χ3v) is 6.50. The first-order valence-electron chi connectivity index (χ1n) is 9.59. The fourth-order valence-corrected chi connectivity index (χ4v) is 4.78. The summed E-state index contributed by atoms with van der Waals surface area (Å²) >= 11 is 4.67. The molecule has 0 N–H and O–H groups in total. The lowest BCUT2D eigenvalue weighted by molar-refractivity contribution is 0.616. The Morgan fingerprint density at radius 3 is 2.55 bits per heavy atom. The number of hydrogen-bond acceptors (Lipinski definition) is 4. The molecule has 5 nitrogen and oxygen atoms in total. The summed E-state index contributed by atoms with van der Waals surface area (Å²) in [6.45, 7) is 0.387. The van der Waals surface area contributed by atoms with E-state index in [1.165, 1.54) is 17.8 Å². The topological polar surface area (TPSA) is 52.2 Å². The summed E-state index contributed by atoms with van der Waals surface area (Å²) in [6.07, 6.45) is 0. The Bertz CT molecular complexity index is 1470. The minimum atomic E-state index is -0.276. The van der Waals surface area contributed by atoms with Crippen molar-refractivity contribution < 1.29 is 4.39 Å². The highest BCUT2D eigenvalue weighted by molar-refractivity contribution is 9.10. The van der Waals surface area contributed by atoms with Gasteiger partial charge in [-0.05, 0) is 35.4 Å². The Morgan fingerprint density at radius 1 is 0.968 bits per heavy atom. The third kappa shape index (κ3) is 3.77. The molecule has 2 heterocycles. The van der Waals surface area contributed by atoms with E-state index in [1.54, 1.807) is 16.7 Å². The number of hydrogen-bond donors (Lipinski definition) is 0. The molecule has 0 aliphatic rings. The highest BCUT2D eigenvalue weighted by atomic mass is 79.9. The van der Waals surface area contributed by atoms with Gasteiger partial charge in [0.25, 0.3) is 5.56 Å². The molecule has 5 rings (SSSR count). The van der Waals surface area contributed by atoms with Gasteiger partial charge < -0.3 is 0 Å². The van der Waals surface area contributed by atoms with Crippen molar-refractivity contribution in [1.29, 1.82) is 0 Å². The Labute approximate surface area is 189 Å². The van der Waals surface area contributed by atoms with Gasteiger partial charge in [-0.3, -0.25) is 13.8 Å². The van der Waals surface area contributed by atoms with Crippen molar-refractivity contribution in [2.45, 2.75) is 17.5 Å². The number of fused-ring (bicyclic) bond motifs is 3. The summed E-state index contributed by atoms with van der Waals surface area (Å²) in [6, 6.07) is 22.2. The van der Waals surface area contributed by atoms with E-state index >= 15 is 0 Å². The highest BCUT2D eigenvalue weighted by Crippen LogP contribution is 2.27. The van der Waals surface area contributed by atoms with Crippen molar-refractivity contribution in [1.82, 2.24) is 19.2 Å². The molecule has 0 amide bonds. The lowest BCUT2D eigenvalue weighted by Crippen LogP contribution is -2.24. The monoisotopic (exact) mass is 494 g/mol. The second-order valence-electron chi connectivity index (χ2n) is 7.04. The predicted octanol–water partition coefficient (Wildman–Crippen LogP) is 5.29. The van der Waals surface area contributed by atoms with Crippen molar-refractivity contribution in [2.24, 2.45) is 0 Å². The third-order valence-electron chi connectivity index (χ3n) is 5.03. The standard InChI is InChI=1S/C23H16BrFN4OS/c24-17-11-10-16(19(25)12-17)14-31-23-27-26-22-28(13-15-6-2-1-3-7-15)21(30)18-8-4-5-9-20(18)29(22)23/h1-12H,13-14H2. The summed E-state index contributed by atoms with van der Waals surface area (Å²) in [5, 5.41) is 9.86. The van der Waals surface area contributed by atoms with Gasteiger partial charge in [0, 0.05) is 10.2 Å². The minimum absolute atomic E-state index is 0.116. The number of rotatable bonds is 5. The fourth-order valence-electron chi connectivity index (χ4n) is 3.52. The number of aromatic nitrogens is 4. The van der Waals surface area contributed by atoms with Crippen LogP contribution < -0.4 is 5.56 Å². The van der Waals surface area contributed by atoms with Gasteiger partial charge in [0.15, 0.2) is 5.16 Å². The number of para-hydroxylation sites is 1. The average Bonchev–Trinajstić information content (AvgIpc) is 3.21. The van der Waals surface area contributed by atoms with Crippen LogP contribution in [-0.2, 0) is 12.3 Å². The van der Waals surface area contributed by atoms with E-state index in [2.05, 4.69) is 26.1 Å². The second kappa shape index (κ2) is 8.28. The molecule has 0 fully saturated rings. The zero-order valence-corrected chi connectivity index (χ0v) is 18.6. The van der Waals surface area contributed by atoms with Gasteiger partial charge in [-0.15, -0.1) is 10.2 Å². The molecule has 154 valence electrons. The van der Waals surface area contributed by atoms with E-state index in [-0.39, 0.29) is 11.4 Å². The summed E-state index contributed by atoms with van der Waals surface area (Å²) in [5.41, 5.74) is 2.19. The summed E-state index contributed by atoms with van der Waals surface area (Å²) in [4.78, 5) is 13.2. The van der Waals surface area contributed by atoms with Gasteiger partial charge in [0.05, 0.1) is 17.4 Å². The second-order valence-corrected chi connectivity index (χ2v) is 8.89. The van der Waals surface area contributed by atoms with Crippen LogP contribution >= 0.6 is 27.7 Å². The first-order chi connectivity index (χ1) is 15.1. The van der Waals surface area contributed by atoms with Gasteiger partial charge in [-0.1, -0.05) is 76.2 Å². The Kier molecular flexibility index (Phi) is 5.33. The zero-order valence-electron chi connectivity index (χ0n) is 16.2. The van der Waals surface area contributed by atoms with Crippen molar-refractivity contribution >= 4 is 44.4 Å². The normalized spacial score (nSPS) is 11.4. The van der Waals surface area contributed by atoms with E-state index in [0.717, 1.165) is 11.1 Å². The highest BCUT2D eigenvalue weighted by Gasteiger charge is 2.17. The molecular weight excluding hydrogens is 479 g/mol. The first kappa shape index (κ1) is 20.0. The van der Waals surface area contributed by atoms with Crippen LogP contribution in [-0.4, -0.2) is 19.2 Å². The molecule has 0 unspecified atom stereocenters. The van der Waals surface area contributed by atoms with Crippen molar-refractivity contribution in [2.75, 3.05) is 0 Å². The Morgan fingerprint density at radius 2 is 1.74 bits per heavy atom. The lowest BCUT2D eigenvalue weighted by Gasteiger charge is -2.11. The minimum Gasteiger partial charge on any atom is -0.272 e. The van der Waals surface area contributed by atoms with Crippen LogP contribution in [0.4, 0.5) is 4.39 Å². The maximum absolute atomic E-state index is 14.3. The molecule has 0 atom stereocenters. The number of benzene rings is 3. The Balaban J connectivity index is 1.63. The smallest absolute Gasteiger partial charge is 0.263 e. The van der Waals surface area contributed by atoms with E-state index in [9.17, 15) is 9.18 Å². The quantitative estimate of drug-likeness (QED) is 0.311.